The Bertz CT molecular complexity index is 1440. The number of amides is 4. The second-order valence-electron chi connectivity index (χ2n) is 8.07. The third kappa shape index (κ3) is 5.94. The van der Waals surface area contributed by atoms with E-state index >= 15 is 0 Å². The summed E-state index contributed by atoms with van der Waals surface area (Å²) in [6.07, 6.45) is 1.39. The Kier molecular flexibility index (Phi) is 8.13. The molecule has 10 heteroatoms. The number of benzene rings is 3. The van der Waals surface area contributed by atoms with Crippen LogP contribution in [-0.2, 0) is 16.2 Å². The molecule has 1 heterocycles. The number of anilines is 1. The van der Waals surface area contributed by atoms with Crippen LogP contribution in [0, 0.1) is 16.3 Å². The molecular weight excluding hydrogens is 614 g/mol. The van der Waals surface area contributed by atoms with Crippen LogP contribution in [0.25, 0.3) is 6.08 Å². The van der Waals surface area contributed by atoms with Crippen molar-refractivity contribution < 1.29 is 28.2 Å². The maximum atomic E-state index is 13.5. The summed E-state index contributed by atoms with van der Waals surface area (Å²) in [4.78, 5) is 39.4. The number of imide groups is 2. The first-order chi connectivity index (χ1) is 17.7. The lowest BCUT2D eigenvalue weighted by atomic mass is 10.1. The molecule has 3 aromatic rings. The van der Waals surface area contributed by atoms with Crippen molar-refractivity contribution in [1.82, 2.24) is 5.32 Å². The summed E-state index contributed by atoms with van der Waals surface area (Å²) in [6.45, 7) is 3.99. The largest absolute Gasteiger partial charge is 0.490 e. The molecule has 3 aromatic carbocycles. The number of halogens is 3. The van der Waals surface area contributed by atoms with Crippen molar-refractivity contribution >= 4 is 63.8 Å². The van der Waals surface area contributed by atoms with Gasteiger partial charge >= 0.3 is 6.03 Å². The number of carbonyl (C=O) groups excluding carboxylic acids is 3. The molecule has 7 nitrogen and oxygen atoms in total. The van der Waals surface area contributed by atoms with E-state index in [9.17, 15) is 18.8 Å². The molecule has 0 aromatic heterocycles. The van der Waals surface area contributed by atoms with Gasteiger partial charge in [-0.1, -0.05) is 29.8 Å². The SMILES string of the molecule is CCOc1cc(/C=C2\C(=O)NC(=O)N(c3cc(Cl)ccc3C)C2=O)cc(I)c1OCc1cccc(F)c1. The summed E-state index contributed by atoms with van der Waals surface area (Å²) < 4.78 is 25.9. The fourth-order valence-corrected chi connectivity index (χ4v) is 4.67. The van der Waals surface area contributed by atoms with Gasteiger partial charge in [0.15, 0.2) is 11.5 Å². The van der Waals surface area contributed by atoms with E-state index < -0.39 is 17.8 Å². The lowest BCUT2D eigenvalue weighted by Crippen LogP contribution is -2.54. The molecule has 0 aliphatic carbocycles. The molecule has 1 aliphatic rings. The van der Waals surface area contributed by atoms with E-state index in [1.54, 1.807) is 43.3 Å². The Morgan fingerprint density at radius 1 is 1.08 bits per heavy atom. The van der Waals surface area contributed by atoms with Crippen molar-refractivity contribution in [2.24, 2.45) is 0 Å². The average molecular weight is 635 g/mol. The van der Waals surface area contributed by atoms with Crippen molar-refractivity contribution in [3.63, 3.8) is 0 Å². The average Bonchev–Trinajstić information content (AvgIpc) is 2.83. The number of aryl methyl sites for hydroxylation is 1. The Labute approximate surface area is 231 Å². The third-order valence-electron chi connectivity index (χ3n) is 5.43. The number of hydrogen-bond donors (Lipinski definition) is 1. The highest BCUT2D eigenvalue weighted by Crippen LogP contribution is 2.36. The van der Waals surface area contributed by atoms with Gasteiger partial charge in [0, 0.05) is 5.02 Å². The van der Waals surface area contributed by atoms with Gasteiger partial charge in [0.05, 0.1) is 15.9 Å². The van der Waals surface area contributed by atoms with Gasteiger partial charge in [-0.05, 0) is 95.6 Å². The van der Waals surface area contributed by atoms with Crippen LogP contribution >= 0.6 is 34.2 Å². The molecule has 0 atom stereocenters. The van der Waals surface area contributed by atoms with E-state index in [4.69, 9.17) is 21.1 Å². The zero-order valence-corrected chi connectivity index (χ0v) is 22.7. The fourth-order valence-electron chi connectivity index (χ4n) is 3.72. The van der Waals surface area contributed by atoms with Crippen LogP contribution in [0.5, 0.6) is 11.5 Å². The summed E-state index contributed by atoms with van der Waals surface area (Å²) in [5, 5.41) is 2.55. The molecule has 37 heavy (non-hydrogen) atoms. The van der Waals surface area contributed by atoms with Crippen LogP contribution in [0.1, 0.15) is 23.6 Å². The number of carbonyl (C=O) groups is 3. The lowest BCUT2D eigenvalue weighted by molar-refractivity contribution is -0.122. The number of barbiturate groups is 1. The van der Waals surface area contributed by atoms with Crippen molar-refractivity contribution in [1.29, 1.82) is 0 Å². The van der Waals surface area contributed by atoms with Crippen molar-refractivity contribution in [3.05, 3.63) is 91.3 Å². The predicted octanol–water partition coefficient (Wildman–Crippen LogP) is 6.04. The minimum absolute atomic E-state index is 0.116. The molecule has 1 N–H and O–H groups in total. The fraction of sp³-hybridized carbons (Fsp3) is 0.148. The summed E-state index contributed by atoms with van der Waals surface area (Å²) in [7, 11) is 0. The van der Waals surface area contributed by atoms with Gasteiger partial charge in [0.1, 0.15) is 18.0 Å². The van der Waals surface area contributed by atoms with Gasteiger partial charge in [-0.3, -0.25) is 14.9 Å². The van der Waals surface area contributed by atoms with E-state index in [1.807, 2.05) is 6.92 Å². The van der Waals surface area contributed by atoms with E-state index in [0.717, 1.165) is 4.90 Å². The van der Waals surface area contributed by atoms with Gasteiger partial charge in [0.25, 0.3) is 11.8 Å². The number of hydrogen-bond acceptors (Lipinski definition) is 5. The topological polar surface area (TPSA) is 84.9 Å². The number of nitrogens with zero attached hydrogens (tertiary/aromatic N) is 1. The molecule has 0 saturated carbocycles. The number of urea groups is 1. The second-order valence-corrected chi connectivity index (χ2v) is 9.67. The maximum Gasteiger partial charge on any atom is 0.335 e. The van der Waals surface area contributed by atoms with Gasteiger partial charge < -0.3 is 9.47 Å². The van der Waals surface area contributed by atoms with Crippen LogP contribution in [0.15, 0.2) is 60.2 Å². The van der Waals surface area contributed by atoms with Crippen molar-refractivity contribution in [3.8, 4) is 11.5 Å². The monoisotopic (exact) mass is 634 g/mol. The smallest absolute Gasteiger partial charge is 0.335 e. The number of rotatable bonds is 7. The molecule has 0 spiro atoms. The normalized spacial score (nSPS) is 14.7. The van der Waals surface area contributed by atoms with Crippen LogP contribution in [0.4, 0.5) is 14.9 Å². The molecule has 4 amide bonds. The van der Waals surface area contributed by atoms with Gasteiger partial charge in [-0.15, -0.1) is 0 Å². The Morgan fingerprint density at radius 3 is 2.59 bits per heavy atom. The van der Waals surface area contributed by atoms with E-state index in [0.29, 0.717) is 43.4 Å². The molecule has 0 radical (unpaired) electrons. The quantitative estimate of drug-likeness (QED) is 0.195. The highest BCUT2D eigenvalue weighted by atomic mass is 127. The highest BCUT2D eigenvalue weighted by molar-refractivity contribution is 14.1. The van der Waals surface area contributed by atoms with E-state index in [2.05, 4.69) is 27.9 Å². The first-order valence-corrected chi connectivity index (χ1v) is 12.6. The van der Waals surface area contributed by atoms with E-state index in [-0.39, 0.29) is 23.7 Å². The van der Waals surface area contributed by atoms with Crippen LogP contribution in [0.2, 0.25) is 5.02 Å². The molecule has 0 unspecified atom stereocenters. The molecular formula is C27H21ClFIN2O5. The summed E-state index contributed by atoms with van der Waals surface area (Å²) >= 11 is 8.14. The van der Waals surface area contributed by atoms with Crippen LogP contribution in [0.3, 0.4) is 0 Å². The Balaban J connectivity index is 1.68. The molecule has 0 bridgehead atoms. The molecule has 190 valence electrons. The van der Waals surface area contributed by atoms with Crippen LogP contribution in [-0.4, -0.2) is 24.5 Å². The van der Waals surface area contributed by atoms with Gasteiger partial charge in [0.2, 0.25) is 0 Å². The van der Waals surface area contributed by atoms with Crippen LogP contribution < -0.4 is 19.7 Å². The summed E-state index contributed by atoms with van der Waals surface area (Å²) in [5.41, 5.74) is 1.82. The lowest BCUT2D eigenvalue weighted by Gasteiger charge is -2.27. The second kappa shape index (κ2) is 11.3. The zero-order chi connectivity index (χ0) is 26.7. The molecule has 4 rings (SSSR count). The Morgan fingerprint density at radius 2 is 1.86 bits per heavy atom. The summed E-state index contributed by atoms with van der Waals surface area (Å²) in [6, 6.07) is 13.4. The first kappa shape index (κ1) is 26.6. The Hall–Kier alpha value is -3.44. The van der Waals surface area contributed by atoms with Gasteiger partial charge in [-0.2, -0.15) is 0 Å². The number of nitrogens with one attached hydrogen (secondary N) is 1. The highest BCUT2D eigenvalue weighted by Gasteiger charge is 2.37. The zero-order valence-electron chi connectivity index (χ0n) is 19.8. The minimum atomic E-state index is -0.858. The third-order valence-corrected chi connectivity index (χ3v) is 6.47. The van der Waals surface area contributed by atoms with Crippen molar-refractivity contribution in [2.75, 3.05) is 11.5 Å². The number of ether oxygens (including phenoxy) is 2. The molecule has 1 fully saturated rings. The summed E-state index contributed by atoms with van der Waals surface area (Å²) in [5.74, 6) is -1.12. The van der Waals surface area contributed by atoms with Gasteiger partial charge in [-0.25, -0.2) is 14.1 Å². The molecule has 1 saturated heterocycles. The minimum Gasteiger partial charge on any atom is -0.490 e. The standard InChI is InChI=1S/C27H21ClFIN2O5/c1-3-36-23-12-17(11-21(30)24(23)37-14-16-5-4-6-19(29)9-16)10-20-25(33)31-27(35)32(26(20)34)22-13-18(28)8-7-15(22)2/h4-13H,3,14H2,1-2H3,(H,31,33,35)/b20-10+. The first-order valence-electron chi connectivity index (χ1n) is 11.2. The maximum absolute atomic E-state index is 13.5. The van der Waals surface area contributed by atoms with E-state index in [1.165, 1.54) is 24.3 Å². The molecule has 1 aliphatic heterocycles. The van der Waals surface area contributed by atoms with Crippen molar-refractivity contribution in [2.45, 2.75) is 20.5 Å². The predicted molar refractivity (Wildman–Crippen MR) is 146 cm³/mol.